The molecular formula is C19H25N3O5S. The van der Waals surface area contributed by atoms with Gasteiger partial charge in [0.25, 0.3) is 5.91 Å². The van der Waals surface area contributed by atoms with Crippen LogP contribution < -0.4 is 4.74 Å². The van der Waals surface area contributed by atoms with Crippen molar-refractivity contribution in [3.05, 3.63) is 46.8 Å². The van der Waals surface area contributed by atoms with Gasteiger partial charge in [0.15, 0.2) is 0 Å². The number of carbonyl (C=O) groups is 1. The predicted molar refractivity (Wildman–Crippen MR) is 104 cm³/mol. The quantitative estimate of drug-likeness (QED) is 0.752. The summed E-state index contributed by atoms with van der Waals surface area (Å²) >= 11 is 0. The zero-order chi connectivity index (χ0) is 20.3. The van der Waals surface area contributed by atoms with E-state index in [1.54, 1.807) is 29.2 Å². The molecule has 0 unspecified atom stereocenters. The Morgan fingerprint density at radius 2 is 2.00 bits per heavy atom. The number of rotatable bonds is 5. The molecule has 152 valence electrons. The average Bonchev–Trinajstić information content (AvgIpc) is 2.86. The van der Waals surface area contributed by atoms with Gasteiger partial charge in [-0.2, -0.15) is 0 Å². The van der Waals surface area contributed by atoms with E-state index in [0.717, 1.165) is 11.3 Å². The molecule has 9 heteroatoms. The number of ether oxygens (including phenoxy) is 1. The summed E-state index contributed by atoms with van der Waals surface area (Å²) in [5.41, 5.74) is 2.19. The van der Waals surface area contributed by atoms with Crippen LogP contribution in [0.4, 0.5) is 0 Å². The van der Waals surface area contributed by atoms with Crippen LogP contribution in [0.15, 0.2) is 28.8 Å². The fourth-order valence-electron chi connectivity index (χ4n) is 3.19. The zero-order valence-electron chi connectivity index (χ0n) is 16.3. The molecule has 2 aromatic rings. The monoisotopic (exact) mass is 407 g/mol. The molecule has 8 nitrogen and oxygen atoms in total. The molecule has 0 bridgehead atoms. The summed E-state index contributed by atoms with van der Waals surface area (Å²) in [6.45, 7) is 5.64. The van der Waals surface area contributed by atoms with Gasteiger partial charge in [-0.15, -0.1) is 0 Å². The zero-order valence-corrected chi connectivity index (χ0v) is 17.2. The van der Waals surface area contributed by atoms with Crippen LogP contribution in [0.5, 0.6) is 5.75 Å². The number of sulfonamides is 1. The van der Waals surface area contributed by atoms with E-state index in [4.69, 9.17) is 9.26 Å². The molecule has 1 aliphatic heterocycles. The second-order valence-electron chi connectivity index (χ2n) is 6.93. The van der Waals surface area contributed by atoms with E-state index in [1.807, 2.05) is 13.8 Å². The largest absolute Gasteiger partial charge is 0.489 e. The molecule has 0 radical (unpaired) electrons. The maximum Gasteiger partial charge on any atom is 0.254 e. The Hall–Kier alpha value is -2.39. The molecule has 0 spiro atoms. The van der Waals surface area contributed by atoms with Crippen LogP contribution in [0.1, 0.15) is 33.8 Å². The van der Waals surface area contributed by atoms with Crippen molar-refractivity contribution in [3.8, 4) is 5.75 Å². The average molecular weight is 407 g/mol. The molecule has 0 aliphatic carbocycles. The molecule has 2 heterocycles. The molecule has 1 aromatic heterocycles. The first-order valence-electron chi connectivity index (χ1n) is 9.14. The van der Waals surface area contributed by atoms with Crippen molar-refractivity contribution in [3.63, 3.8) is 0 Å². The highest BCUT2D eigenvalue weighted by molar-refractivity contribution is 7.88. The van der Waals surface area contributed by atoms with E-state index in [1.165, 1.54) is 10.6 Å². The molecular weight excluding hydrogens is 382 g/mol. The van der Waals surface area contributed by atoms with Gasteiger partial charge in [0.1, 0.15) is 18.1 Å². The molecule has 1 amide bonds. The van der Waals surface area contributed by atoms with E-state index >= 15 is 0 Å². The summed E-state index contributed by atoms with van der Waals surface area (Å²) < 4.78 is 35.9. The number of hydrogen-bond donors (Lipinski definition) is 0. The smallest absolute Gasteiger partial charge is 0.254 e. The molecule has 0 N–H and O–H groups in total. The lowest BCUT2D eigenvalue weighted by Gasteiger charge is -2.21. The van der Waals surface area contributed by atoms with Crippen LogP contribution in [0.3, 0.4) is 0 Å². The number of carbonyl (C=O) groups excluding carboxylic acids is 1. The van der Waals surface area contributed by atoms with Crippen molar-refractivity contribution in [1.29, 1.82) is 0 Å². The molecule has 1 saturated heterocycles. The Morgan fingerprint density at radius 1 is 1.21 bits per heavy atom. The Morgan fingerprint density at radius 3 is 2.68 bits per heavy atom. The van der Waals surface area contributed by atoms with Crippen LogP contribution in [-0.4, -0.2) is 61.1 Å². The Bertz CT molecular complexity index is 935. The van der Waals surface area contributed by atoms with Gasteiger partial charge in [0.2, 0.25) is 10.0 Å². The summed E-state index contributed by atoms with van der Waals surface area (Å²) in [7, 11) is -3.24. The highest BCUT2D eigenvalue weighted by Crippen LogP contribution is 2.20. The van der Waals surface area contributed by atoms with Crippen LogP contribution in [0.25, 0.3) is 0 Å². The highest BCUT2D eigenvalue weighted by Gasteiger charge is 2.24. The number of benzene rings is 1. The van der Waals surface area contributed by atoms with Gasteiger partial charge >= 0.3 is 0 Å². The number of aryl methyl sites for hydroxylation is 2. The lowest BCUT2D eigenvalue weighted by Crippen LogP contribution is -2.36. The fourth-order valence-corrected chi connectivity index (χ4v) is 4.07. The molecule has 3 rings (SSSR count). The van der Waals surface area contributed by atoms with Crippen LogP contribution >= 0.6 is 0 Å². The van der Waals surface area contributed by atoms with Crippen molar-refractivity contribution < 1.29 is 22.5 Å². The fraction of sp³-hybridized carbons (Fsp3) is 0.474. The molecule has 28 heavy (non-hydrogen) atoms. The van der Waals surface area contributed by atoms with Gasteiger partial charge in [-0.3, -0.25) is 4.79 Å². The lowest BCUT2D eigenvalue weighted by atomic mass is 10.1. The van der Waals surface area contributed by atoms with Gasteiger partial charge in [0.05, 0.1) is 17.5 Å². The Balaban J connectivity index is 1.67. The van der Waals surface area contributed by atoms with E-state index < -0.39 is 10.0 Å². The topological polar surface area (TPSA) is 93.0 Å². The van der Waals surface area contributed by atoms with Crippen LogP contribution in [0.2, 0.25) is 0 Å². The Kier molecular flexibility index (Phi) is 6.04. The standard InChI is InChI=1S/C19H25N3O5S/c1-14-18(15(2)27-20-14)13-26-17-7-4-6-16(12-17)19(23)21-8-5-9-22(11-10-21)28(3,24)25/h4,6-7,12H,5,8-11,13H2,1-3H3. The summed E-state index contributed by atoms with van der Waals surface area (Å²) in [6, 6.07) is 7.02. The maximum absolute atomic E-state index is 12.9. The van der Waals surface area contributed by atoms with Crippen LogP contribution in [-0.2, 0) is 16.6 Å². The van der Waals surface area contributed by atoms with Gasteiger partial charge in [-0.1, -0.05) is 11.2 Å². The van der Waals surface area contributed by atoms with E-state index in [9.17, 15) is 13.2 Å². The second-order valence-corrected chi connectivity index (χ2v) is 8.91. The minimum atomic E-state index is -3.24. The minimum absolute atomic E-state index is 0.127. The lowest BCUT2D eigenvalue weighted by molar-refractivity contribution is 0.0763. The first kappa shape index (κ1) is 20.3. The summed E-state index contributed by atoms with van der Waals surface area (Å²) in [6.07, 6.45) is 1.81. The van der Waals surface area contributed by atoms with E-state index in [-0.39, 0.29) is 5.91 Å². The van der Waals surface area contributed by atoms with Gasteiger partial charge in [0, 0.05) is 31.7 Å². The van der Waals surface area contributed by atoms with Crippen molar-refractivity contribution >= 4 is 15.9 Å². The highest BCUT2D eigenvalue weighted by atomic mass is 32.2. The van der Waals surface area contributed by atoms with Crippen molar-refractivity contribution in [2.45, 2.75) is 26.9 Å². The number of nitrogens with zero attached hydrogens (tertiary/aromatic N) is 3. The van der Waals surface area contributed by atoms with Gasteiger partial charge in [-0.25, -0.2) is 12.7 Å². The first-order valence-corrected chi connectivity index (χ1v) is 11.0. The molecule has 0 atom stereocenters. The van der Waals surface area contributed by atoms with E-state index in [2.05, 4.69) is 5.16 Å². The van der Waals surface area contributed by atoms with Gasteiger partial charge in [-0.05, 0) is 38.5 Å². The Labute approximate surface area is 165 Å². The molecule has 1 fully saturated rings. The van der Waals surface area contributed by atoms with Crippen molar-refractivity contribution in [2.24, 2.45) is 0 Å². The first-order chi connectivity index (χ1) is 13.3. The summed E-state index contributed by atoms with van der Waals surface area (Å²) in [4.78, 5) is 14.6. The van der Waals surface area contributed by atoms with E-state index in [0.29, 0.717) is 56.3 Å². The predicted octanol–water partition coefficient (Wildman–Crippen LogP) is 1.98. The minimum Gasteiger partial charge on any atom is -0.489 e. The summed E-state index contributed by atoms with van der Waals surface area (Å²) in [5, 5.41) is 3.91. The third-order valence-corrected chi connectivity index (χ3v) is 6.16. The maximum atomic E-state index is 12.9. The number of hydrogen-bond acceptors (Lipinski definition) is 6. The van der Waals surface area contributed by atoms with Crippen molar-refractivity contribution in [1.82, 2.24) is 14.4 Å². The normalized spacial score (nSPS) is 16.0. The third-order valence-electron chi connectivity index (χ3n) is 4.86. The SMILES string of the molecule is Cc1noc(C)c1COc1cccc(C(=O)N2CCCN(S(C)(=O)=O)CC2)c1. The summed E-state index contributed by atoms with van der Waals surface area (Å²) in [5.74, 6) is 1.17. The number of amides is 1. The molecule has 1 aromatic carbocycles. The molecule has 0 saturated carbocycles. The molecule has 1 aliphatic rings. The van der Waals surface area contributed by atoms with Crippen LogP contribution in [0, 0.1) is 13.8 Å². The van der Waals surface area contributed by atoms with Crippen molar-refractivity contribution in [2.75, 3.05) is 32.4 Å². The third kappa shape index (κ3) is 4.71. The second kappa shape index (κ2) is 8.32. The van der Waals surface area contributed by atoms with Gasteiger partial charge < -0.3 is 14.2 Å². The number of aromatic nitrogens is 1.